The third-order valence-corrected chi connectivity index (χ3v) is 5.06. The standard InChI is InChI=1S/C16H19FN2O2S/c17-13-3-1-2-4-14(13)22-10-15(20)18-8-11-7-16(21)19(9-11)12-5-6-12/h1-4,11-12H,5-10H2,(H,18,20)/t11-/m0/s1. The van der Waals surface area contributed by atoms with Gasteiger partial charge in [-0.1, -0.05) is 12.1 Å². The number of carbonyl (C=O) groups excluding carboxylic acids is 2. The zero-order chi connectivity index (χ0) is 15.5. The van der Waals surface area contributed by atoms with E-state index in [-0.39, 0.29) is 29.3 Å². The molecule has 1 aromatic rings. The molecule has 22 heavy (non-hydrogen) atoms. The van der Waals surface area contributed by atoms with Crippen molar-refractivity contribution in [3.8, 4) is 0 Å². The summed E-state index contributed by atoms with van der Waals surface area (Å²) in [6.07, 6.45) is 2.76. The SMILES string of the molecule is O=C(CSc1ccccc1F)NC[C@@H]1CC(=O)N(C2CC2)C1. The van der Waals surface area contributed by atoms with E-state index in [1.54, 1.807) is 18.2 Å². The predicted octanol–water partition coefficient (Wildman–Crippen LogP) is 2.04. The summed E-state index contributed by atoms with van der Waals surface area (Å²) in [6, 6.07) is 6.87. The first-order valence-electron chi connectivity index (χ1n) is 7.57. The fourth-order valence-corrected chi connectivity index (χ4v) is 3.47. The van der Waals surface area contributed by atoms with Crippen LogP contribution >= 0.6 is 11.8 Å². The molecule has 1 aliphatic carbocycles. The number of nitrogens with one attached hydrogen (secondary N) is 1. The third kappa shape index (κ3) is 3.80. The lowest BCUT2D eigenvalue weighted by molar-refractivity contribution is -0.128. The smallest absolute Gasteiger partial charge is 0.230 e. The fourth-order valence-electron chi connectivity index (χ4n) is 2.70. The summed E-state index contributed by atoms with van der Waals surface area (Å²) in [5.74, 6) is 0.179. The third-order valence-electron chi connectivity index (χ3n) is 4.01. The van der Waals surface area contributed by atoms with E-state index in [2.05, 4.69) is 5.32 Å². The number of carbonyl (C=O) groups is 2. The summed E-state index contributed by atoms with van der Waals surface area (Å²) in [6.45, 7) is 1.27. The summed E-state index contributed by atoms with van der Waals surface area (Å²) in [4.78, 5) is 26.1. The van der Waals surface area contributed by atoms with Crippen molar-refractivity contribution in [3.05, 3.63) is 30.1 Å². The van der Waals surface area contributed by atoms with Crippen LogP contribution in [0.3, 0.4) is 0 Å². The lowest BCUT2D eigenvalue weighted by Crippen LogP contribution is -2.32. The van der Waals surface area contributed by atoms with Crippen LogP contribution in [0.25, 0.3) is 0 Å². The Morgan fingerprint density at radius 3 is 2.86 bits per heavy atom. The highest BCUT2D eigenvalue weighted by molar-refractivity contribution is 8.00. The molecule has 0 spiro atoms. The molecule has 6 heteroatoms. The van der Waals surface area contributed by atoms with Gasteiger partial charge in [0.2, 0.25) is 11.8 Å². The largest absolute Gasteiger partial charge is 0.355 e. The van der Waals surface area contributed by atoms with Crippen LogP contribution in [-0.2, 0) is 9.59 Å². The van der Waals surface area contributed by atoms with E-state index >= 15 is 0 Å². The minimum atomic E-state index is -0.304. The molecule has 1 atom stereocenters. The highest BCUT2D eigenvalue weighted by Crippen LogP contribution is 2.32. The molecule has 0 unspecified atom stereocenters. The van der Waals surface area contributed by atoms with Gasteiger partial charge in [-0.2, -0.15) is 0 Å². The normalized spacial score (nSPS) is 21.2. The van der Waals surface area contributed by atoms with Crippen LogP contribution in [-0.4, -0.2) is 41.6 Å². The van der Waals surface area contributed by atoms with Crippen molar-refractivity contribution in [2.45, 2.75) is 30.2 Å². The summed E-state index contributed by atoms with van der Waals surface area (Å²) in [5, 5.41) is 2.85. The maximum Gasteiger partial charge on any atom is 0.230 e. The van der Waals surface area contributed by atoms with Crippen molar-refractivity contribution in [1.29, 1.82) is 0 Å². The minimum absolute atomic E-state index is 0.120. The Morgan fingerprint density at radius 2 is 2.14 bits per heavy atom. The predicted molar refractivity (Wildman–Crippen MR) is 83.0 cm³/mol. The van der Waals surface area contributed by atoms with Crippen LogP contribution in [0.2, 0.25) is 0 Å². The molecule has 0 radical (unpaired) electrons. The van der Waals surface area contributed by atoms with Crippen molar-refractivity contribution >= 4 is 23.6 Å². The van der Waals surface area contributed by atoms with Crippen molar-refractivity contribution in [3.63, 3.8) is 0 Å². The molecular formula is C16H19FN2O2S. The highest BCUT2D eigenvalue weighted by Gasteiger charge is 2.39. The van der Waals surface area contributed by atoms with E-state index < -0.39 is 0 Å². The Bertz CT molecular complexity index is 577. The van der Waals surface area contributed by atoms with Gasteiger partial charge in [-0.15, -0.1) is 11.8 Å². The quantitative estimate of drug-likeness (QED) is 0.816. The number of nitrogens with zero attached hydrogens (tertiary/aromatic N) is 1. The molecule has 0 aromatic heterocycles. The van der Waals surface area contributed by atoms with E-state index in [1.807, 2.05) is 4.90 Å². The molecule has 118 valence electrons. The van der Waals surface area contributed by atoms with Gasteiger partial charge in [-0.05, 0) is 25.0 Å². The van der Waals surface area contributed by atoms with E-state index in [9.17, 15) is 14.0 Å². The number of amides is 2. The Morgan fingerprint density at radius 1 is 1.36 bits per heavy atom. The average Bonchev–Trinajstić information content (AvgIpc) is 3.28. The van der Waals surface area contributed by atoms with Gasteiger partial charge in [0.25, 0.3) is 0 Å². The summed E-state index contributed by atoms with van der Waals surface area (Å²) < 4.78 is 13.4. The van der Waals surface area contributed by atoms with Crippen molar-refractivity contribution < 1.29 is 14.0 Å². The molecule has 1 aliphatic heterocycles. The van der Waals surface area contributed by atoms with E-state index in [0.29, 0.717) is 23.9 Å². The number of hydrogen-bond acceptors (Lipinski definition) is 3. The molecule has 2 amide bonds. The van der Waals surface area contributed by atoms with Crippen LogP contribution in [0, 0.1) is 11.7 Å². The van der Waals surface area contributed by atoms with E-state index in [0.717, 1.165) is 19.4 Å². The minimum Gasteiger partial charge on any atom is -0.355 e. The molecule has 1 N–H and O–H groups in total. The Hall–Kier alpha value is -1.56. The number of thioether (sulfide) groups is 1. The van der Waals surface area contributed by atoms with Crippen LogP contribution in [0.1, 0.15) is 19.3 Å². The number of likely N-dealkylation sites (tertiary alicyclic amines) is 1. The van der Waals surface area contributed by atoms with Crippen molar-refractivity contribution in [1.82, 2.24) is 10.2 Å². The second-order valence-electron chi connectivity index (χ2n) is 5.87. The average molecular weight is 322 g/mol. The first-order valence-corrected chi connectivity index (χ1v) is 8.55. The van der Waals surface area contributed by atoms with Gasteiger partial charge in [0, 0.05) is 36.4 Å². The molecule has 3 rings (SSSR count). The van der Waals surface area contributed by atoms with Crippen LogP contribution < -0.4 is 5.32 Å². The lowest BCUT2D eigenvalue weighted by Gasteiger charge is -2.15. The van der Waals surface area contributed by atoms with Gasteiger partial charge in [0.1, 0.15) is 5.82 Å². The molecule has 1 saturated heterocycles. The summed E-state index contributed by atoms with van der Waals surface area (Å²) in [7, 11) is 0. The maximum absolute atomic E-state index is 13.4. The number of hydrogen-bond donors (Lipinski definition) is 1. The highest BCUT2D eigenvalue weighted by atomic mass is 32.2. The first kappa shape index (κ1) is 15.3. The molecule has 1 saturated carbocycles. The zero-order valence-corrected chi connectivity index (χ0v) is 13.1. The van der Waals surface area contributed by atoms with Crippen molar-refractivity contribution in [2.75, 3.05) is 18.8 Å². The van der Waals surface area contributed by atoms with Gasteiger partial charge in [0.05, 0.1) is 5.75 Å². The van der Waals surface area contributed by atoms with Gasteiger partial charge in [0.15, 0.2) is 0 Å². The van der Waals surface area contributed by atoms with Gasteiger partial charge in [-0.25, -0.2) is 4.39 Å². The number of benzene rings is 1. The van der Waals surface area contributed by atoms with Gasteiger partial charge >= 0.3 is 0 Å². The monoisotopic (exact) mass is 322 g/mol. The van der Waals surface area contributed by atoms with Crippen LogP contribution in [0.4, 0.5) is 4.39 Å². The fraction of sp³-hybridized carbons (Fsp3) is 0.500. The topological polar surface area (TPSA) is 49.4 Å². The molecule has 2 fully saturated rings. The maximum atomic E-state index is 13.4. The van der Waals surface area contributed by atoms with E-state index in [4.69, 9.17) is 0 Å². The molecule has 1 heterocycles. The molecular weight excluding hydrogens is 303 g/mol. The Kier molecular flexibility index (Phi) is 4.66. The molecule has 2 aliphatic rings. The Labute approximate surface area is 133 Å². The van der Waals surface area contributed by atoms with Crippen LogP contribution in [0.5, 0.6) is 0 Å². The second-order valence-corrected chi connectivity index (χ2v) is 6.89. The molecule has 4 nitrogen and oxygen atoms in total. The summed E-state index contributed by atoms with van der Waals surface area (Å²) in [5.41, 5.74) is 0. The zero-order valence-electron chi connectivity index (χ0n) is 12.3. The number of halogens is 1. The van der Waals surface area contributed by atoms with Gasteiger partial charge < -0.3 is 10.2 Å². The second kappa shape index (κ2) is 6.69. The number of rotatable bonds is 6. The lowest BCUT2D eigenvalue weighted by atomic mass is 10.1. The Balaban J connectivity index is 1.39. The summed E-state index contributed by atoms with van der Waals surface area (Å²) >= 11 is 1.19. The van der Waals surface area contributed by atoms with Gasteiger partial charge in [-0.3, -0.25) is 9.59 Å². The molecule has 1 aromatic carbocycles. The molecule has 0 bridgehead atoms. The van der Waals surface area contributed by atoms with E-state index in [1.165, 1.54) is 17.8 Å². The first-order chi connectivity index (χ1) is 10.6. The van der Waals surface area contributed by atoms with Crippen molar-refractivity contribution in [2.24, 2.45) is 5.92 Å². The van der Waals surface area contributed by atoms with Crippen LogP contribution in [0.15, 0.2) is 29.2 Å².